The third-order valence-corrected chi connectivity index (χ3v) is 3.83. The number of hydrogen-bond acceptors (Lipinski definition) is 4. The first kappa shape index (κ1) is 19.8. The van der Waals surface area contributed by atoms with Crippen LogP contribution in [0.1, 0.15) is 68.7 Å². The normalized spacial score (nSPS) is 22.9. The van der Waals surface area contributed by atoms with Crippen LogP contribution in [0, 0.1) is 11.3 Å². The van der Waals surface area contributed by atoms with E-state index in [2.05, 4.69) is 20.8 Å². The molecular formula is C18H33NO4. The number of rotatable bonds is 1. The van der Waals surface area contributed by atoms with Gasteiger partial charge in [-0.05, 0) is 59.3 Å². The highest BCUT2D eigenvalue weighted by Gasteiger charge is 2.46. The number of nitrogens with zero attached hydrogens (tertiary/aromatic N) is 1. The van der Waals surface area contributed by atoms with E-state index in [-0.39, 0.29) is 17.3 Å². The summed E-state index contributed by atoms with van der Waals surface area (Å²) < 4.78 is 11.0. The number of likely N-dealkylation sites (tertiary alicyclic amines) is 1. The number of carbonyl (C=O) groups excluding carboxylic acids is 2. The van der Waals surface area contributed by atoms with Crippen LogP contribution in [0.4, 0.5) is 4.79 Å². The predicted octanol–water partition coefficient (Wildman–Crippen LogP) is 4.00. The van der Waals surface area contributed by atoms with E-state index in [4.69, 9.17) is 9.47 Å². The molecule has 2 atom stereocenters. The van der Waals surface area contributed by atoms with Crippen molar-refractivity contribution in [3.05, 3.63) is 0 Å². The van der Waals surface area contributed by atoms with Gasteiger partial charge in [0.1, 0.15) is 17.2 Å². The fourth-order valence-corrected chi connectivity index (χ4v) is 2.58. The maximum Gasteiger partial charge on any atom is 0.411 e. The van der Waals surface area contributed by atoms with Crippen LogP contribution in [0.2, 0.25) is 0 Å². The van der Waals surface area contributed by atoms with Crippen LogP contribution in [-0.2, 0) is 14.3 Å². The molecule has 5 nitrogen and oxygen atoms in total. The summed E-state index contributed by atoms with van der Waals surface area (Å²) in [6.45, 7) is 17.9. The lowest BCUT2D eigenvalue weighted by Gasteiger charge is -2.30. The molecule has 1 amide bonds. The van der Waals surface area contributed by atoms with Gasteiger partial charge in [0.05, 0.1) is 0 Å². The highest BCUT2D eigenvalue weighted by Crippen LogP contribution is 2.38. The van der Waals surface area contributed by atoms with Crippen molar-refractivity contribution in [3.8, 4) is 0 Å². The van der Waals surface area contributed by atoms with Gasteiger partial charge >= 0.3 is 12.1 Å². The van der Waals surface area contributed by atoms with Crippen molar-refractivity contribution in [2.24, 2.45) is 11.3 Å². The zero-order valence-electron chi connectivity index (χ0n) is 16.1. The lowest BCUT2D eigenvalue weighted by Crippen LogP contribution is -2.45. The first-order valence-corrected chi connectivity index (χ1v) is 8.32. The van der Waals surface area contributed by atoms with E-state index < -0.39 is 23.3 Å². The van der Waals surface area contributed by atoms with Crippen LogP contribution < -0.4 is 0 Å². The average Bonchev–Trinajstić information content (AvgIpc) is 2.67. The van der Waals surface area contributed by atoms with Gasteiger partial charge < -0.3 is 9.47 Å². The number of hydrogen-bond donors (Lipinski definition) is 0. The minimum atomic E-state index is -0.588. The molecule has 23 heavy (non-hydrogen) atoms. The Bertz CT molecular complexity index is 415. The zero-order valence-corrected chi connectivity index (χ0v) is 16.1. The largest absolute Gasteiger partial charge is 0.458 e. The van der Waals surface area contributed by atoms with Crippen molar-refractivity contribution in [1.29, 1.82) is 0 Å². The Morgan fingerprint density at radius 2 is 1.35 bits per heavy atom. The summed E-state index contributed by atoms with van der Waals surface area (Å²) in [5.74, 6) is -0.123. The summed E-state index contributed by atoms with van der Waals surface area (Å²) in [6, 6.07) is -0.576. The maximum atomic E-state index is 12.5. The summed E-state index contributed by atoms with van der Waals surface area (Å²) in [5, 5.41) is 0. The van der Waals surface area contributed by atoms with Gasteiger partial charge in [0.25, 0.3) is 0 Å². The highest BCUT2D eigenvalue weighted by molar-refractivity contribution is 5.82. The van der Waals surface area contributed by atoms with Crippen LogP contribution in [0.15, 0.2) is 0 Å². The van der Waals surface area contributed by atoms with Gasteiger partial charge in [0.15, 0.2) is 0 Å². The topological polar surface area (TPSA) is 55.8 Å². The Balaban J connectivity index is 2.98. The quantitative estimate of drug-likeness (QED) is 0.683. The molecule has 0 radical (unpaired) electrons. The molecule has 0 bridgehead atoms. The van der Waals surface area contributed by atoms with Crippen LogP contribution in [0.5, 0.6) is 0 Å². The molecule has 0 aliphatic carbocycles. The van der Waals surface area contributed by atoms with Gasteiger partial charge in [0.2, 0.25) is 0 Å². The van der Waals surface area contributed by atoms with Crippen molar-refractivity contribution in [3.63, 3.8) is 0 Å². The molecule has 1 heterocycles. The molecule has 0 aromatic rings. The number of amides is 1. The second kappa shape index (κ2) is 6.33. The molecule has 1 fully saturated rings. The van der Waals surface area contributed by atoms with Crippen molar-refractivity contribution >= 4 is 12.1 Å². The van der Waals surface area contributed by atoms with Crippen molar-refractivity contribution in [1.82, 2.24) is 4.90 Å². The van der Waals surface area contributed by atoms with E-state index in [1.807, 2.05) is 41.5 Å². The third kappa shape index (κ3) is 6.04. The van der Waals surface area contributed by atoms with Gasteiger partial charge in [-0.25, -0.2) is 9.59 Å². The summed E-state index contributed by atoms with van der Waals surface area (Å²) in [6.07, 6.45) is 0.164. The van der Waals surface area contributed by atoms with Gasteiger partial charge in [-0.15, -0.1) is 0 Å². The lowest BCUT2D eigenvalue weighted by molar-refractivity contribution is -0.160. The van der Waals surface area contributed by atoms with Gasteiger partial charge in [-0.2, -0.15) is 0 Å². The van der Waals surface area contributed by atoms with Crippen LogP contribution in [0.25, 0.3) is 0 Å². The minimum Gasteiger partial charge on any atom is -0.458 e. The molecule has 1 saturated heterocycles. The first-order valence-electron chi connectivity index (χ1n) is 8.32. The molecule has 1 aliphatic rings. The Kier molecular flexibility index (Phi) is 5.44. The number of ether oxygens (including phenoxy) is 2. The van der Waals surface area contributed by atoms with Crippen LogP contribution in [0.3, 0.4) is 0 Å². The SMILES string of the molecule is CC(C)(C)OC(=O)[C@@H]1CC(C(C)(C)C)CN1C(=O)OC(C)(C)C. The molecule has 1 aliphatic heterocycles. The average molecular weight is 327 g/mol. The van der Waals surface area contributed by atoms with E-state index in [9.17, 15) is 9.59 Å². The first-order chi connectivity index (χ1) is 10.1. The van der Waals surface area contributed by atoms with Gasteiger partial charge in [0, 0.05) is 6.54 Å². The van der Waals surface area contributed by atoms with Crippen LogP contribution in [-0.4, -0.2) is 40.8 Å². The van der Waals surface area contributed by atoms with Crippen molar-refractivity contribution in [2.45, 2.75) is 86.0 Å². The smallest absolute Gasteiger partial charge is 0.411 e. The lowest BCUT2D eigenvalue weighted by atomic mass is 9.79. The summed E-state index contributed by atoms with van der Waals surface area (Å²) in [7, 11) is 0. The fraction of sp³-hybridized carbons (Fsp3) is 0.889. The molecule has 134 valence electrons. The molecular weight excluding hydrogens is 294 g/mol. The molecule has 0 aromatic carbocycles. The maximum absolute atomic E-state index is 12.5. The monoisotopic (exact) mass is 327 g/mol. The van der Waals surface area contributed by atoms with E-state index in [0.717, 1.165) is 0 Å². The second-order valence-electron chi connectivity index (χ2n) is 9.48. The van der Waals surface area contributed by atoms with E-state index >= 15 is 0 Å². The molecule has 1 rings (SSSR count). The van der Waals surface area contributed by atoms with E-state index in [1.165, 1.54) is 4.90 Å². The second-order valence-corrected chi connectivity index (χ2v) is 9.48. The van der Waals surface area contributed by atoms with Gasteiger partial charge in [-0.3, -0.25) is 4.90 Å². The van der Waals surface area contributed by atoms with Gasteiger partial charge in [-0.1, -0.05) is 20.8 Å². The molecule has 1 unspecified atom stereocenters. The third-order valence-electron chi connectivity index (χ3n) is 3.83. The predicted molar refractivity (Wildman–Crippen MR) is 90.1 cm³/mol. The van der Waals surface area contributed by atoms with Crippen molar-refractivity contribution < 1.29 is 19.1 Å². The Morgan fingerprint density at radius 1 is 0.870 bits per heavy atom. The molecule has 5 heteroatoms. The molecule has 0 saturated carbocycles. The number of carbonyl (C=O) groups is 2. The summed E-state index contributed by atoms with van der Waals surface area (Å²) in [4.78, 5) is 26.6. The van der Waals surface area contributed by atoms with Crippen LogP contribution >= 0.6 is 0 Å². The number of esters is 1. The Hall–Kier alpha value is -1.26. The van der Waals surface area contributed by atoms with Crippen molar-refractivity contribution in [2.75, 3.05) is 6.54 Å². The zero-order chi connectivity index (χ0) is 18.2. The molecule has 0 spiro atoms. The molecule has 0 aromatic heterocycles. The fourth-order valence-electron chi connectivity index (χ4n) is 2.58. The molecule has 0 N–H and O–H groups in total. The Labute approximate surface area is 140 Å². The minimum absolute atomic E-state index is 0.0109. The standard InChI is InChI=1S/C18H33NO4/c1-16(2,3)12-10-13(14(20)22-17(4,5)6)19(11-12)15(21)23-18(7,8)9/h12-13H,10-11H2,1-9H3/t12?,13-/m0/s1. The van der Waals surface area contributed by atoms with E-state index in [1.54, 1.807) is 0 Å². The summed E-state index contributed by atoms with van der Waals surface area (Å²) in [5.41, 5.74) is -1.15. The van der Waals surface area contributed by atoms with E-state index in [0.29, 0.717) is 13.0 Å². The Morgan fingerprint density at radius 3 is 1.74 bits per heavy atom. The summed E-state index contributed by atoms with van der Waals surface area (Å²) >= 11 is 0. The highest BCUT2D eigenvalue weighted by atomic mass is 16.6.